The normalized spacial score (nSPS) is 11.2. The maximum atomic E-state index is 11.8. The van der Waals surface area contributed by atoms with Crippen molar-refractivity contribution < 1.29 is 13.2 Å². The third kappa shape index (κ3) is 4.34. The lowest BCUT2D eigenvalue weighted by molar-refractivity contribution is -0.118. The van der Waals surface area contributed by atoms with Gasteiger partial charge in [-0.3, -0.25) is 4.79 Å². The summed E-state index contributed by atoms with van der Waals surface area (Å²) in [6.45, 7) is 2.59. The van der Waals surface area contributed by atoms with Gasteiger partial charge in [0.05, 0.1) is 11.4 Å². The van der Waals surface area contributed by atoms with Crippen LogP contribution in [0.1, 0.15) is 13.3 Å². The van der Waals surface area contributed by atoms with Crippen molar-refractivity contribution in [2.24, 2.45) is 0 Å². The molecule has 0 unspecified atom stereocenters. The molecule has 0 bridgehead atoms. The average Bonchev–Trinajstić information content (AvgIpc) is 2.29. The molecule has 0 saturated heterocycles. The number of anilines is 1. The largest absolute Gasteiger partial charge is 0.399 e. The van der Waals surface area contributed by atoms with Crippen LogP contribution in [0.3, 0.4) is 0 Å². The smallest absolute Gasteiger partial charge is 0.264 e. The molecule has 1 amide bonds. The molecule has 6 nitrogen and oxygen atoms in total. The van der Waals surface area contributed by atoms with Gasteiger partial charge in [-0.05, 0) is 37.2 Å². The van der Waals surface area contributed by atoms with E-state index in [0.29, 0.717) is 12.2 Å². The van der Waals surface area contributed by atoms with Crippen LogP contribution in [0.5, 0.6) is 0 Å². The number of sulfonamides is 1. The summed E-state index contributed by atoms with van der Waals surface area (Å²) in [5.41, 5.74) is 5.92. The molecule has 0 heterocycles. The standard InChI is InChI=1S/C11H17N3O3S/c1-2-7-13-8-11(15)14-18(16,17)10-5-3-9(12)4-6-10/h3-6,13H,2,7-8,12H2,1H3,(H,14,15). The Bertz CT molecular complexity index is 497. The first-order chi connectivity index (χ1) is 8.45. The maximum absolute atomic E-state index is 11.8. The zero-order chi connectivity index (χ0) is 13.6. The van der Waals surface area contributed by atoms with E-state index in [9.17, 15) is 13.2 Å². The number of carbonyl (C=O) groups is 1. The summed E-state index contributed by atoms with van der Waals surface area (Å²) >= 11 is 0. The zero-order valence-corrected chi connectivity index (χ0v) is 11.0. The SMILES string of the molecule is CCCNCC(=O)NS(=O)(=O)c1ccc(N)cc1. The van der Waals surface area contributed by atoms with Gasteiger partial charge in [0, 0.05) is 5.69 Å². The van der Waals surface area contributed by atoms with Crippen molar-refractivity contribution in [2.75, 3.05) is 18.8 Å². The minimum Gasteiger partial charge on any atom is -0.399 e. The third-order valence-electron chi connectivity index (χ3n) is 2.15. The molecule has 0 aliphatic heterocycles. The minimum atomic E-state index is -3.81. The highest BCUT2D eigenvalue weighted by Gasteiger charge is 2.16. The Morgan fingerprint density at radius 2 is 1.89 bits per heavy atom. The molecule has 7 heteroatoms. The Morgan fingerprint density at radius 3 is 2.44 bits per heavy atom. The zero-order valence-electron chi connectivity index (χ0n) is 10.1. The highest BCUT2D eigenvalue weighted by atomic mass is 32.2. The molecule has 0 aromatic heterocycles. The number of hydrogen-bond donors (Lipinski definition) is 3. The first-order valence-corrected chi connectivity index (χ1v) is 7.06. The number of nitrogens with one attached hydrogen (secondary N) is 2. The van der Waals surface area contributed by atoms with Crippen LogP contribution in [0.15, 0.2) is 29.2 Å². The van der Waals surface area contributed by atoms with Crippen molar-refractivity contribution in [3.05, 3.63) is 24.3 Å². The fourth-order valence-corrected chi connectivity index (χ4v) is 2.25. The van der Waals surface area contributed by atoms with Gasteiger partial charge in [0.25, 0.3) is 10.0 Å². The van der Waals surface area contributed by atoms with Gasteiger partial charge < -0.3 is 11.1 Å². The summed E-state index contributed by atoms with van der Waals surface area (Å²) in [4.78, 5) is 11.4. The monoisotopic (exact) mass is 271 g/mol. The molecule has 4 N–H and O–H groups in total. The molecule has 0 spiro atoms. The number of carbonyl (C=O) groups excluding carboxylic acids is 1. The molecule has 0 fully saturated rings. The van der Waals surface area contributed by atoms with Crippen LogP contribution >= 0.6 is 0 Å². The molecule has 0 aliphatic rings. The number of amides is 1. The molecule has 0 aliphatic carbocycles. The van der Waals surface area contributed by atoms with E-state index < -0.39 is 15.9 Å². The van der Waals surface area contributed by atoms with Gasteiger partial charge in [0.15, 0.2) is 0 Å². The maximum Gasteiger partial charge on any atom is 0.264 e. The lowest BCUT2D eigenvalue weighted by Gasteiger charge is -2.07. The lowest BCUT2D eigenvalue weighted by atomic mass is 10.3. The number of nitrogen functional groups attached to an aromatic ring is 1. The van der Waals surface area contributed by atoms with E-state index in [-0.39, 0.29) is 11.4 Å². The fourth-order valence-electron chi connectivity index (χ4n) is 1.27. The number of nitrogens with two attached hydrogens (primary N) is 1. The van der Waals surface area contributed by atoms with Crippen molar-refractivity contribution in [3.63, 3.8) is 0 Å². The van der Waals surface area contributed by atoms with Gasteiger partial charge in [0.2, 0.25) is 5.91 Å². The fraction of sp³-hybridized carbons (Fsp3) is 0.364. The second kappa shape index (κ2) is 6.36. The first kappa shape index (κ1) is 14.5. The summed E-state index contributed by atoms with van der Waals surface area (Å²) in [5, 5.41) is 2.82. The topological polar surface area (TPSA) is 101 Å². The quantitative estimate of drug-likeness (QED) is 0.502. The van der Waals surface area contributed by atoms with Crippen LogP contribution in [-0.4, -0.2) is 27.4 Å². The van der Waals surface area contributed by atoms with Crippen LogP contribution < -0.4 is 15.8 Å². The highest BCUT2D eigenvalue weighted by molar-refractivity contribution is 7.90. The first-order valence-electron chi connectivity index (χ1n) is 5.57. The number of rotatable bonds is 6. The van der Waals surface area contributed by atoms with E-state index in [1.807, 2.05) is 11.6 Å². The van der Waals surface area contributed by atoms with Crippen LogP contribution in [0, 0.1) is 0 Å². The summed E-state index contributed by atoms with van der Waals surface area (Å²) in [7, 11) is -3.81. The van der Waals surface area contributed by atoms with Crippen molar-refractivity contribution in [1.82, 2.24) is 10.0 Å². The van der Waals surface area contributed by atoms with Crippen molar-refractivity contribution in [2.45, 2.75) is 18.2 Å². The minimum absolute atomic E-state index is 0.0144. The Kier molecular flexibility index (Phi) is 5.11. The van der Waals surface area contributed by atoms with Crippen LogP contribution in [-0.2, 0) is 14.8 Å². The molecule has 18 heavy (non-hydrogen) atoms. The average molecular weight is 271 g/mol. The van der Waals surface area contributed by atoms with Gasteiger partial charge in [-0.1, -0.05) is 6.92 Å². The Balaban J connectivity index is 2.64. The molecule has 1 aromatic carbocycles. The summed E-state index contributed by atoms with van der Waals surface area (Å²) < 4.78 is 25.6. The predicted molar refractivity (Wildman–Crippen MR) is 69.3 cm³/mol. The van der Waals surface area contributed by atoms with Crippen LogP contribution in [0.2, 0.25) is 0 Å². The Morgan fingerprint density at radius 1 is 1.28 bits per heavy atom. The number of hydrogen-bond acceptors (Lipinski definition) is 5. The van der Waals surface area contributed by atoms with Crippen molar-refractivity contribution >= 4 is 21.6 Å². The van der Waals surface area contributed by atoms with Gasteiger partial charge in [-0.25, -0.2) is 13.1 Å². The van der Waals surface area contributed by atoms with Gasteiger partial charge >= 0.3 is 0 Å². The molecule has 1 rings (SSSR count). The van der Waals surface area contributed by atoms with E-state index in [4.69, 9.17) is 5.73 Å². The number of benzene rings is 1. The van der Waals surface area contributed by atoms with E-state index in [1.54, 1.807) is 0 Å². The molecule has 0 radical (unpaired) electrons. The lowest BCUT2D eigenvalue weighted by Crippen LogP contribution is -2.37. The molecule has 0 atom stereocenters. The molecule has 1 aromatic rings. The van der Waals surface area contributed by atoms with E-state index in [2.05, 4.69) is 5.32 Å². The summed E-state index contributed by atoms with van der Waals surface area (Å²) in [5.74, 6) is -0.583. The van der Waals surface area contributed by atoms with E-state index in [1.165, 1.54) is 24.3 Å². The molecular weight excluding hydrogens is 254 g/mol. The van der Waals surface area contributed by atoms with E-state index >= 15 is 0 Å². The highest BCUT2D eigenvalue weighted by Crippen LogP contribution is 2.10. The van der Waals surface area contributed by atoms with Crippen LogP contribution in [0.4, 0.5) is 5.69 Å². The van der Waals surface area contributed by atoms with Gasteiger partial charge in [0.1, 0.15) is 0 Å². The van der Waals surface area contributed by atoms with Crippen molar-refractivity contribution in [3.8, 4) is 0 Å². The third-order valence-corrected chi connectivity index (χ3v) is 3.54. The van der Waals surface area contributed by atoms with Gasteiger partial charge in [-0.2, -0.15) is 0 Å². The predicted octanol–water partition coefficient (Wildman–Crippen LogP) is 0.0733. The Hall–Kier alpha value is -1.60. The second-order valence-corrected chi connectivity index (χ2v) is 5.46. The summed E-state index contributed by atoms with van der Waals surface area (Å²) in [6, 6.07) is 5.64. The van der Waals surface area contributed by atoms with Crippen molar-refractivity contribution in [1.29, 1.82) is 0 Å². The molecule has 100 valence electrons. The Labute approximate surface area is 107 Å². The molecule has 0 saturated carbocycles. The second-order valence-electron chi connectivity index (χ2n) is 3.77. The van der Waals surface area contributed by atoms with Crippen LogP contribution in [0.25, 0.3) is 0 Å². The van der Waals surface area contributed by atoms with E-state index in [0.717, 1.165) is 6.42 Å². The molecular formula is C11H17N3O3S. The summed E-state index contributed by atoms with van der Waals surface area (Å²) in [6.07, 6.45) is 0.873. The van der Waals surface area contributed by atoms with Gasteiger partial charge in [-0.15, -0.1) is 0 Å².